The number of hydrogen-bond acceptors (Lipinski definition) is 0. The van der Waals surface area contributed by atoms with Crippen molar-refractivity contribution in [3.8, 4) is 0 Å². The molecule has 1 saturated carbocycles. The summed E-state index contributed by atoms with van der Waals surface area (Å²) in [5, 5.41) is 0. The van der Waals surface area contributed by atoms with Crippen LogP contribution in [0.2, 0.25) is 0 Å². The van der Waals surface area contributed by atoms with Gasteiger partial charge in [-0.2, -0.15) is 0 Å². The van der Waals surface area contributed by atoms with Crippen LogP contribution in [0.4, 0.5) is 0 Å². The fraction of sp³-hybridized carbons (Fsp3) is 1.00. The largest absolute Gasteiger partial charge is 0.147 e. The minimum atomic E-state index is 0. The highest BCUT2D eigenvalue weighted by atomic mass is 35.5. The summed E-state index contributed by atoms with van der Waals surface area (Å²) < 4.78 is 0. The third-order valence-electron chi connectivity index (χ3n) is 2.29. The van der Waals surface area contributed by atoms with Crippen molar-refractivity contribution in [3.05, 3.63) is 0 Å². The molecule has 1 atom stereocenters. The predicted molar refractivity (Wildman–Crippen MR) is 57.6 cm³/mol. The second kappa shape index (κ2) is 7.37. The van der Waals surface area contributed by atoms with E-state index in [9.17, 15) is 0 Å². The maximum absolute atomic E-state index is 2.30. The Kier molecular flexibility index (Phi) is 7.86. The summed E-state index contributed by atoms with van der Waals surface area (Å²) in [5.74, 6) is 0. The Morgan fingerprint density at radius 3 is 2.36 bits per heavy atom. The van der Waals surface area contributed by atoms with E-state index in [4.69, 9.17) is 0 Å². The highest BCUT2D eigenvalue weighted by Crippen LogP contribution is 2.32. The monoisotopic (exact) mass is 194 g/mol. The van der Waals surface area contributed by atoms with Gasteiger partial charge in [0, 0.05) is 0 Å². The number of rotatable bonds is 3. The van der Waals surface area contributed by atoms with E-state index in [0.717, 1.165) is 5.66 Å². The van der Waals surface area contributed by atoms with Gasteiger partial charge in [0.05, 0.1) is 0 Å². The predicted octanol–water partition coefficient (Wildman–Crippen LogP) is 3.83. The molecule has 0 spiro atoms. The quantitative estimate of drug-likeness (QED) is 0.599. The molecule has 0 amide bonds. The summed E-state index contributed by atoms with van der Waals surface area (Å²) in [6.45, 7) is 2.30. The van der Waals surface area contributed by atoms with Gasteiger partial charge in [0.15, 0.2) is 0 Å². The summed E-state index contributed by atoms with van der Waals surface area (Å²) in [5.41, 5.74) is 1.13. The van der Waals surface area contributed by atoms with Gasteiger partial charge in [0.2, 0.25) is 0 Å². The molecule has 0 bridgehead atoms. The molecule has 1 rings (SSSR count). The molecule has 0 aromatic rings. The van der Waals surface area contributed by atoms with E-state index in [0.29, 0.717) is 0 Å². The average Bonchev–Trinajstić information content (AvgIpc) is 2.03. The third kappa shape index (κ3) is 5.04. The maximum atomic E-state index is 2.30. The van der Waals surface area contributed by atoms with Gasteiger partial charge in [0.25, 0.3) is 0 Å². The average molecular weight is 195 g/mol. The standard InChI is InChI=1S/C9H19P.ClH/c1-2-8-10-9-6-4-3-5-7-9;/h9-10H,2-8H2,1H3;1H. The molecule has 2 heteroatoms. The molecule has 0 nitrogen and oxygen atoms in total. The molecular weight excluding hydrogens is 175 g/mol. The lowest BCUT2D eigenvalue weighted by Crippen LogP contribution is -2.06. The van der Waals surface area contributed by atoms with Gasteiger partial charge in [-0.1, -0.05) is 32.6 Å². The van der Waals surface area contributed by atoms with E-state index in [-0.39, 0.29) is 12.4 Å². The van der Waals surface area contributed by atoms with Crippen molar-refractivity contribution in [2.24, 2.45) is 0 Å². The lowest BCUT2D eigenvalue weighted by Gasteiger charge is -2.20. The van der Waals surface area contributed by atoms with Crippen molar-refractivity contribution < 1.29 is 0 Å². The zero-order valence-corrected chi connectivity index (χ0v) is 9.25. The van der Waals surface area contributed by atoms with Crippen LogP contribution < -0.4 is 0 Å². The summed E-state index contributed by atoms with van der Waals surface area (Å²) in [6.07, 6.45) is 10.5. The summed E-state index contributed by atoms with van der Waals surface area (Å²) >= 11 is 0. The highest BCUT2D eigenvalue weighted by molar-refractivity contribution is 7.38. The molecule has 11 heavy (non-hydrogen) atoms. The van der Waals surface area contributed by atoms with Crippen LogP contribution in [0.25, 0.3) is 0 Å². The fourth-order valence-electron chi connectivity index (χ4n) is 1.66. The molecule has 1 aliphatic carbocycles. The van der Waals surface area contributed by atoms with Crippen LogP contribution in [0.5, 0.6) is 0 Å². The lowest BCUT2D eigenvalue weighted by atomic mass is 10.0. The zero-order valence-electron chi connectivity index (χ0n) is 7.44. The van der Waals surface area contributed by atoms with Crippen molar-refractivity contribution in [1.82, 2.24) is 0 Å². The molecule has 68 valence electrons. The first kappa shape index (κ1) is 11.7. The molecule has 0 aromatic carbocycles. The Bertz CT molecular complexity index is 79.6. The molecule has 0 heterocycles. The normalized spacial score (nSPS) is 20.5. The van der Waals surface area contributed by atoms with Crippen LogP contribution in [-0.4, -0.2) is 11.8 Å². The molecule has 1 unspecified atom stereocenters. The van der Waals surface area contributed by atoms with Crippen molar-refractivity contribution in [3.63, 3.8) is 0 Å². The first-order chi connectivity index (χ1) is 4.93. The Morgan fingerprint density at radius 1 is 1.18 bits per heavy atom. The molecule has 0 aromatic heterocycles. The van der Waals surface area contributed by atoms with Crippen LogP contribution in [-0.2, 0) is 0 Å². The smallest absolute Gasteiger partial charge is 0.0237 e. The lowest BCUT2D eigenvalue weighted by molar-refractivity contribution is 0.513. The van der Waals surface area contributed by atoms with E-state index in [1.54, 1.807) is 12.8 Å². The van der Waals surface area contributed by atoms with Crippen molar-refractivity contribution in [1.29, 1.82) is 0 Å². The number of hydrogen-bond donors (Lipinski definition) is 0. The fourth-order valence-corrected chi connectivity index (χ4v) is 3.17. The molecular formula is C9H20ClP. The van der Waals surface area contributed by atoms with Gasteiger partial charge in [-0.25, -0.2) is 0 Å². The first-order valence-electron chi connectivity index (χ1n) is 4.67. The molecule has 0 saturated heterocycles. The summed E-state index contributed by atoms with van der Waals surface area (Å²) in [6, 6.07) is 0. The van der Waals surface area contributed by atoms with Crippen molar-refractivity contribution in [2.75, 3.05) is 6.16 Å². The van der Waals surface area contributed by atoms with Gasteiger partial charge in [0.1, 0.15) is 0 Å². The van der Waals surface area contributed by atoms with Crippen LogP contribution in [0.15, 0.2) is 0 Å². The van der Waals surface area contributed by atoms with Crippen molar-refractivity contribution >= 4 is 21.0 Å². The molecule has 1 fully saturated rings. The van der Waals surface area contributed by atoms with E-state index in [1.165, 1.54) is 40.4 Å². The topological polar surface area (TPSA) is 0 Å². The molecule has 0 N–H and O–H groups in total. The van der Waals surface area contributed by atoms with Crippen LogP contribution in [0, 0.1) is 0 Å². The number of halogens is 1. The van der Waals surface area contributed by atoms with E-state index in [2.05, 4.69) is 6.92 Å². The third-order valence-corrected chi connectivity index (χ3v) is 4.23. The van der Waals surface area contributed by atoms with Gasteiger partial charge in [-0.15, -0.1) is 21.0 Å². The summed E-state index contributed by atoms with van der Waals surface area (Å²) in [4.78, 5) is 0. The highest BCUT2D eigenvalue weighted by Gasteiger charge is 2.11. The second-order valence-electron chi connectivity index (χ2n) is 3.29. The van der Waals surface area contributed by atoms with Crippen LogP contribution >= 0.6 is 21.0 Å². The molecule has 1 aliphatic rings. The Morgan fingerprint density at radius 2 is 1.82 bits per heavy atom. The van der Waals surface area contributed by atoms with Crippen LogP contribution in [0.1, 0.15) is 45.4 Å². The minimum Gasteiger partial charge on any atom is -0.147 e. The second-order valence-corrected chi connectivity index (χ2v) is 5.01. The Hall–Kier alpha value is 0.720. The van der Waals surface area contributed by atoms with Gasteiger partial charge >= 0.3 is 0 Å². The SMILES string of the molecule is CCCPC1CCCCC1.Cl. The molecule has 0 radical (unpaired) electrons. The minimum absolute atomic E-state index is 0. The van der Waals surface area contributed by atoms with E-state index < -0.39 is 0 Å². The Labute approximate surface area is 78.7 Å². The van der Waals surface area contributed by atoms with Gasteiger partial charge in [-0.05, 0) is 24.7 Å². The maximum Gasteiger partial charge on any atom is -0.0237 e. The van der Waals surface area contributed by atoms with Crippen molar-refractivity contribution in [2.45, 2.75) is 51.1 Å². The molecule has 0 aliphatic heterocycles. The zero-order chi connectivity index (χ0) is 7.23. The van der Waals surface area contributed by atoms with Crippen LogP contribution in [0.3, 0.4) is 0 Å². The van der Waals surface area contributed by atoms with E-state index in [1.807, 2.05) is 0 Å². The Balaban J connectivity index is 0.000001000. The van der Waals surface area contributed by atoms with Gasteiger partial charge < -0.3 is 0 Å². The first-order valence-corrected chi connectivity index (χ1v) is 5.95. The van der Waals surface area contributed by atoms with Gasteiger partial charge in [-0.3, -0.25) is 0 Å². The van der Waals surface area contributed by atoms with E-state index >= 15 is 0 Å². The summed E-state index contributed by atoms with van der Waals surface area (Å²) in [7, 11) is 1.28.